The molecule has 61 heavy (non-hydrogen) atoms. The minimum Gasteiger partial charge on any atom is -0.304 e. The van der Waals surface area contributed by atoms with Crippen LogP contribution in [0.15, 0.2) is 188 Å². The number of aromatic nitrogens is 1. The Bertz CT molecular complexity index is 3700. The molecule has 282 valence electrons. The van der Waals surface area contributed by atoms with E-state index in [0.717, 1.165) is 75.7 Å². The zero-order valence-electron chi connectivity index (χ0n) is 32.6. The summed E-state index contributed by atoms with van der Waals surface area (Å²) in [5, 5.41) is 30.4. The smallest absolute Gasteiger partial charge is 0.103 e. The quantitative estimate of drug-likeness (QED) is 0.174. The van der Waals surface area contributed by atoms with Gasteiger partial charge < -0.3 is 4.57 Å². The van der Waals surface area contributed by atoms with E-state index in [4.69, 9.17) is 0 Å². The third-order valence-electron chi connectivity index (χ3n) is 12.1. The number of fused-ring (bicyclic) bond motifs is 11. The Balaban J connectivity index is 1.38. The summed E-state index contributed by atoms with van der Waals surface area (Å²) in [4.78, 5) is 0. The van der Waals surface area contributed by atoms with Gasteiger partial charge in [0.15, 0.2) is 0 Å². The zero-order valence-corrected chi connectivity index (χ0v) is 34.2. The van der Waals surface area contributed by atoms with E-state index in [1.54, 1.807) is 22.7 Å². The maximum atomic E-state index is 11.8. The van der Waals surface area contributed by atoms with Crippen molar-refractivity contribution < 1.29 is 0 Å². The van der Waals surface area contributed by atoms with Crippen molar-refractivity contribution in [3.8, 4) is 62.3 Å². The maximum Gasteiger partial charge on any atom is 0.103 e. The first-order valence-electron chi connectivity index (χ1n) is 20.2. The standard InChI is InChI=1S/C56H31N3S2/c57-32-45-46(33-58)52(50(36-20-8-3-9-21-36)49(35-18-6-2-7-19-35)51(45)40-25-11-10-22-37(40)34-16-4-1-5-17-34)59-53-41(28-30-43-38-23-12-14-26-47(38)60-55(43)53)42-29-31-44-39-24-13-15-27-48(39)61-56(44)54(42)59/h1-31H. The van der Waals surface area contributed by atoms with Crippen molar-refractivity contribution in [3.05, 3.63) is 199 Å². The molecular weight excluding hydrogens is 779 g/mol. The van der Waals surface area contributed by atoms with Crippen LogP contribution in [0, 0.1) is 22.7 Å². The van der Waals surface area contributed by atoms with Gasteiger partial charge in [-0.15, -0.1) is 22.7 Å². The number of nitriles is 2. The normalized spacial score (nSPS) is 11.6. The Kier molecular flexibility index (Phi) is 8.02. The fraction of sp³-hybridized carbons (Fsp3) is 0. The summed E-state index contributed by atoms with van der Waals surface area (Å²) in [7, 11) is 0. The molecule has 0 saturated carbocycles. The van der Waals surface area contributed by atoms with Crippen LogP contribution in [0.3, 0.4) is 0 Å². The summed E-state index contributed by atoms with van der Waals surface area (Å²) in [6.45, 7) is 0. The van der Waals surface area contributed by atoms with Crippen LogP contribution in [0.1, 0.15) is 11.1 Å². The molecule has 9 aromatic carbocycles. The van der Waals surface area contributed by atoms with E-state index in [1.165, 1.54) is 30.9 Å². The molecule has 0 unspecified atom stereocenters. The maximum absolute atomic E-state index is 11.8. The Morgan fingerprint density at radius 1 is 0.344 bits per heavy atom. The third kappa shape index (κ3) is 5.19. The Labute approximate surface area is 359 Å². The molecular formula is C56H31N3S2. The highest BCUT2D eigenvalue weighted by molar-refractivity contribution is 7.27. The third-order valence-corrected chi connectivity index (χ3v) is 14.5. The van der Waals surface area contributed by atoms with Gasteiger partial charge in [-0.05, 0) is 39.9 Å². The lowest BCUT2D eigenvalue weighted by molar-refractivity contribution is 1.18. The molecule has 0 aliphatic carbocycles. The predicted octanol–water partition coefficient (Wildman–Crippen LogP) is 15.9. The van der Waals surface area contributed by atoms with Crippen molar-refractivity contribution in [3.63, 3.8) is 0 Å². The number of rotatable bonds is 5. The first-order chi connectivity index (χ1) is 30.2. The summed E-state index contributed by atoms with van der Waals surface area (Å²) in [5.74, 6) is 0. The van der Waals surface area contributed by atoms with Gasteiger partial charge in [0.1, 0.15) is 12.1 Å². The number of hydrogen-bond acceptors (Lipinski definition) is 4. The van der Waals surface area contributed by atoms with Gasteiger partial charge >= 0.3 is 0 Å². The molecule has 0 saturated heterocycles. The van der Waals surface area contributed by atoms with Gasteiger partial charge in [-0.2, -0.15) is 10.5 Å². The molecule has 0 fully saturated rings. The molecule has 12 aromatic rings. The van der Waals surface area contributed by atoms with Crippen LogP contribution in [0.4, 0.5) is 0 Å². The number of hydrogen-bond donors (Lipinski definition) is 0. The molecule has 0 amide bonds. The van der Waals surface area contributed by atoms with Crippen LogP contribution in [-0.2, 0) is 0 Å². The Morgan fingerprint density at radius 3 is 1.30 bits per heavy atom. The summed E-state index contributed by atoms with van der Waals surface area (Å²) in [6.07, 6.45) is 0. The molecule has 3 aromatic heterocycles. The average Bonchev–Trinajstić information content (AvgIpc) is 4.01. The van der Waals surface area contributed by atoms with Crippen LogP contribution < -0.4 is 0 Å². The summed E-state index contributed by atoms with van der Waals surface area (Å²) >= 11 is 3.57. The van der Waals surface area contributed by atoms with E-state index in [-0.39, 0.29) is 0 Å². The molecule has 0 atom stereocenters. The van der Waals surface area contributed by atoms with E-state index < -0.39 is 0 Å². The number of nitrogens with zero attached hydrogens (tertiary/aromatic N) is 3. The summed E-state index contributed by atoms with van der Waals surface area (Å²) in [5.41, 5.74) is 10.8. The largest absolute Gasteiger partial charge is 0.304 e. The fourth-order valence-electron chi connectivity index (χ4n) is 9.56. The highest BCUT2D eigenvalue weighted by Crippen LogP contribution is 2.53. The van der Waals surface area contributed by atoms with Gasteiger partial charge in [0.2, 0.25) is 0 Å². The summed E-state index contributed by atoms with van der Waals surface area (Å²) in [6, 6.07) is 71.1. The molecule has 12 rings (SSSR count). The van der Waals surface area contributed by atoms with Crippen LogP contribution in [0.5, 0.6) is 0 Å². The average molecular weight is 810 g/mol. The van der Waals surface area contributed by atoms with Crippen molar-refractivity contribution in [2.75, 3.05) is 0 Å². The second kappa shape index (κ2) is 13.9. The van der Waals surface area contributed by atoms with Crippen molar-refractivity contribution in [2.24, 2.45) is 0 Å². The molecule has 0 spiro atoms. The lowest BCUT2D eigenvalue weighted by Gasteiger charge is -2.26. The molecule has 0 radical (unpaired) electrons. The van der Waals surface area contributed by atoms with E-state index in [0.29, 0.717) is 16.8 Å². The predicted molar refractivity (Wildman–Crippen MR) is 258 cm³/mol. The Hall–Kier alpha value is -7.80. The minimum absolute atomic E-state index is 0.342. The minimum atomic E-state index is 0.342. The Morgan fingerprint density at radius 2 is 0.770 bits per heavy atom. The molecule has 0 aliphatic heterocycles. The van der Waals surface area contributed by atoms with Gasteiger partial charge in [0.25, 0.3) is 0 Å². The molecule has 3 heterocycles. The van der Waals surface area contributed by atoms with E-state index in [1.807, 2.05) is 42.5 Å². The van der Waals surface area contributed by atoms with E-state index >= 15 is 0 Å². The van der Waals surface area contributed by atoms with E-state index in [9.17, 15) is 10.5 Å². The van der Waals surface area contributed by atoms with E-state index in [2.05, 4.69) is 162 Å². The number of benzene rings is 9. The lowest BCUT2D eigenvalue weighted by atomic mass is 9.79. The summed E-state index contributed by atoms with van der Waals surface area (Å²) < 4.78 is 7.07. The first kappa shape index (κ1) is 35.2. The molecule has 0 N–H and O–H groups in total. The van der Waals surface area contributed by atoms with Gasteiger partial charge in [-0.3, -0.25) is 0 Å². The second-order valence-corrected chi connectivity index (χ2v) is 17.4. The molecule has 5 heteroatoms. The van der Waals surface area contributed by atoms with Gasteiger partial charge in [0.05, 0.1) is 37.2 Å². The van der Waals surface area contributed by atoms with Crippen molar-refractivity contribution in [1.29, 1.82) is 10.5 Å². The zero-order chi connectivity index (χ0) is 40.6. The molecule has 3 nitrogen and oxygen atoms in total. The van der Waals surface area contributed by atoms with Crippen molar-refractivity contribution in [2.45, 2.75) is 0 Å². The first-order valence-corrected chi connectivity index (χ1v) is 21.9. The molecule has 0 aliphatic rings. The van der Waals surface area contributed by atoms with Crippen LogP contribution in [0.2, 0.25) is 0 Å². The topological polar surface area (TPSA) is 52.5 Å². The highest BCUT2D eigenvalue weighted by atomic mass is 32.1. The SMILES string of the molecule is N#Cc1c(C#N)c(-n2c3c(ccc4c5ccccc5sc43)c3ccc4c5ccccc5sc4c32)c(-c2ccccc2)c(-c2ccccc2)c1-c1ccccc1-c1ccccc1. The van der Waals surface area contributed by atoms with Gasteiger partial charge in [-0.1, -0.05) is 176 Å². The fourth-order valence-corrected chi connectivity index (χ4v) is 12.0. The monoisotopic (exact) mass is 809 g/mol. The number of thiophene rings is 2. The van der Waals surface area contributed by atoms with Crippen LogP contribution >= 0.6 is 22.7 Å². The second-order valence-electron chi connectivity index (χ2n) is 15.3. The van der Waals surface area contributed by atoms with Crippen LogP contribution in [-0.4, -0.2) is 4.57 Å². The lowest BCUT2D eigenvalue weighted by Crippen LogP contribution is -2.08. The highest BCUT2D eigenvalue weighted by Gasteiger charge is 2.32. The van der Waals surface area contributed by atoms with Crippen LogP contribution in [0.25, 0.3) is 112 Å². The van der Waals surface area contributed by atoms with Gasteiger partial charge in [0, 0.05) is 58.4 Å². The van der Waals surface area contributed by atoms with Crippen molar-refractivity contribution in [1.82, 2.24) is 4.57 Å². The van der Waals surface area contributed by atoms with Gasteiger partial charge in [-0.25, -0.2) is 0 Å². The van der Waals surface area contributed by atoms with Crippen molar-refractivity contribution >= 4 is 84.8 Å². The molecule has 0 bridgehead atoms.